The largest absolute Gasteiger partial charge is 0.325 e. The predicted octanol–water partition coefficient (Wildman–Crippen LogP) is 5.12. The van der Waals surface area contributed by atoms with Crippen LogP contribution >= 0.6 is 23.2 Å². The molecule has 1 atom stereocenters. The molecule has 2 aromatic rings. The summed E-state index contributed by atoms with van der Waals surface area (Å²) in [5.41, 5.74) is 8.56. The molecule has 0 aliphatic carbocycles. The lowest BCUT2D eigenvalue weighted by atomic mass is 10.1. The highest BCUT2D eigenvalue weighted by Gasteiger charge is 2.12. The molecule has 1 amide bonds. The Morgan fingerprint density at radius 3 is 2.35 bits per heavy atom. The standard InChI is InChI=1S/C18H20Cl2N2O/c1-2-3-4-17(21)18(23)22-14-8-5-12(6-9-14)13-7-10-15(19)16(20)11-13/h5-11,17H,2-4,21H2,1H3,(H,22,23)/t17-/m0/s1. The van der Waals surface area contributed by atoms with Crippen molar-refractivity contribution >= 4 is 34.8 Å². The van der Waals surface area contributed by atoms with E-state index in [-0.39, 0.29) is 5.91 Å². The molecule has 3 N–H and O–H groups in total. The SMILES string of the molecule is CCCC[C@H](N)C(=O)Nc1ccc(-c2ccc(Cl)c(Cl)c2)cc1. The number of amides is 1. The van der Waals surface area contributed by atoms with Crippen LogP contribution in [0.4, 0.5) is 5.69 Å². The maximum Gasteiger partial charge on any atom is 0.241 e. The third-order valence-corrected chi connectivity index (χ3v) is 4.35. The zero-order valence-electron chi connectivity index (χ0n) is 13.0. The van der Waals surface area contributed by atoms with Gasteiger partial charge in [0.2, 0.25) is 5.91 Å². The van der Waals surface area contributed by atoms with E-state index in [0.29, 0.717) is 16.5 Å². The number of nitrogens with one attached hydrogen (secondary N) is 1. The highest BCUT2D eigenvalue weighted by atomic mass is 35.5. The van der Waals surface area contributed by atoms with E-state index < -0.39 is 6.04 Å². The average Bonchev–Trinajstić information content (AvgIpc) is 2.55. The summed E-state index contributed by atoms with van der Waals surface area (Å²) in [5, 5.41) is 3.88. The minimum atomic E-state index is -0.468. The van der Waals surface area contributed by atoms with Crippen molar-refractivity contribution in [2.45, 2.75) is 32.2 Å². The monoisotopic (exact) mass is 350 g/mol. The molecular weight excluding hydrogens is 331 g/mol. The first-order valence-corrected chi connectivity index (χ1v) is 8.38. The fraction of sp³-hybridized carbons (Fsp3) is 0.278. The van der Waals surface area contributed by atoms with Crippen molar-refractivity contribution in [3.63, 3.8) is 0 Å². The summed E-state index contributed by atoms with van der Waals surface area (Å²) in [5.74, 6) is -0.152. The van der Waals surface area contributed by atoms with E-state index in [9.17, 15) is 4.79 Å². The van der Waals surface area contributed by atoms with Gasteiger partial charge in [0.25, 0.3) is 0 Å². The van der Waals surface area contributed by atoms with E-state index in [0.717, 1.165) is 29.7 Å². The maximum atomic E-state index is 12.0. The highest BCUT2D eigenvalue weighted by Crippen LogP contribution is 2.29. The minimum Gasteiger partial charge on any atom is -0.325 e. The summed E-state index contributed by atoms with van der Waals surface area (Å²) >= 11 is 12.0. The van der Waals surface area contributed by atoms with Crippen LogP contribution in [0, 0.1) is 0 Å². The van der Waals surface area contributed by atoms with Gasteiger partial charge in [-0.25, -0.2) is 0 Å². The molecule has 0 radical (unpaired) electrons. The molecule has 0 saturated heterocycles. The number of rotatable bonds is 6. The van der Waals surface area contributed by atoms with Gasteiger partial charge in [0.1, 0.15) is 0 Å². The first kappa shape index (κ1) is 17.8. The molecule has 3 nitrogen and oxygen atoms in total. The minimum absolute atomic E-state index is 0.152. The van der Waals surface area contributed by atoms with Crippen LogP contribution in [0.5, 0.6) is 0 Å². The van der Waals surface area contributed by atoms with Gasteiger partial charge < -0.3 is 11.1 Å². The predicted molar refractivity (Wildman–Crippen MR) is 98.0 cm³/mol. The normalized spacial score (nSPS) is 12.0. The fourth-order valence-electron chi connectivity index (χ4n) is 2.21. The zero-order chi connectivity index (χ0) is 16.8. The Morgan fingerprint density at radius 2 is 1.74 bits per heavy atom. The smallest absolute Gasteiger partial charge is 0.241 e. The Hall–Kier alpha value is -1.55. The molecule has 122 valence electrons. The molecule has 2 aromatic carbocycles. The van der Waals surface area contributed by atoms with Crippen molar-refractivity contribution < 1.29 is 4.79 Å². The Labute approximate surface area is 146 Å². The van der Waals surface area contributed by atoms with Gasteiger partial charge in [-0.05, 0) is 41.8 Å². The van der Waals surface area contributed by atoms with Gasteiger partial charge in [0, 0.05) is 5.69 Å². The second kappa shape index (κ2) is 8.34. The van der Waals surface area contributed by atoms with E-state index in [1.807, 2.05) is 36.4 Å². The lowest BCUT2D eigenvalue weighted by Gasteiger charge is -2.12. The first-order valence-electron chi connectivity index (χ1n) is 7.63. The molecular formula is C18H20Cl2N2O. The van der Waals surface area contributed by atoms with Crippen LogP contribution < -0.4 is 11.1 Å². The van der Waals surface area contributed by atoms with Crippen LogP contribution in [0.2, 0.25) is 10.0 Å². The summed E-state index contributed by atoms with van der Waals surface area (Å²) in [7, 11) is 0. The molecule has 5 heteroatoms. The molecule has 0 saturated carbocycles. The molecule has 0 heterocycles. The highest BCUT2D eigenvalue weighted by molar-refractivity contribution is 6.42. The molecule has 0 unspecified atom stereocenters. The van der Waals surface area contributed by atoms with E-state index in [1.165, 1.54) is 0 Å². The Kier molecular flexibility index (Phi) is 6.46. The Balaban J connectivity index is 2.04. The summed E-state index contributed by atoms with van der Waals surface area (Å²) in [6, 6.07) is 12.6. The second-order valence-electron chi connectivity index (χ2n) is 5.44. The third kappa shape index (κ3) is 4.96. The number of carbonyl (C=O) groups is 1. The van der Waals surface area contributed by atoms with Crippen LogP contribution in [-0.4, -0.2) is 11.9 Å². The van der Waals surface area contributed by atoms with Crippen molar-refractivity contribution in [3.8, 4) is 11.1 Å². The van der Waals surface area contributed by atoms with Gasteiger partial charge in [-0.1, -0.05) is 61.2 Å². The maximum absolute atomic E-state index is 12.0. The summed E-state index contributed by atoms with van der Waals surface area (Å²) in [6.07, 6.45) is 2.67. The van der Waals surface area contributed by atoms with Gasteiger partial charge >= 0.3 is 0 Å². The Morgan fingerprint density at radius 1 is 1.09 bits per heavy atom. The van der Waals surface area contributed by atoms with Gasteiger partial charge in [0.15, 0.2) is 0 Å². The average molecular weight is 351 g/mol. The van der Waals surface area contributed by atoms with E-state index in [4.69, 9.17) is 28.9 Å². The van der Waals surface area contributed by atoms with E-state index >= 15 is 0 Å². The van der Waals surface area contributed by atoms with Crippen LogP contribution in [0.1, 0.15) is 26.2 Å². The van der Waals surface area contributed by atoms with Gasteiger partial charge in [-0.3, -0.25) is 4.79 Å². The van der Waals surface area contributed by atoms with Gasteiger partial charge in [-0.2, -0.15) is 0 Å². The molecule has 23 heavy (non-hydrogen) atoms. The second-order valence-corrected chi connectivity index (χ2v) is 6.26. The van der Waals surface area contributed by atoms with Crippen LogP contribution in [0.15, 0.2) is 42.5 Å². The third-order valence-electron chi connectivity index (χ3n) is 3.61. The number of hydrogen-bond donors (Lipinski definition) is 2. The molecule has 0 aromatic heterocycles. The number of halogens is 2. The number of hydrogen-bond acceptors (Lipinski definition) is 2. The van der Waals surface area contributed by atoms with Crippen molar-refractivity contribution in [2.24, 2.45) is 5.73 Å². The van der Waals surface area contributed by atoms with Crippen molar-refractivity contribution in [1.29, 1.82) is 0 Å². The molecule has 0 aliphatic heterocycles. The number of nitrogens with two attached hydrogens (primary N) is 1. The van der Waals surface area contributed by atoms with Gasteiger partial charge in [-0.15, -0.1) is 0 Å². The fourth-order valence-corrected chi connectivity index (χ4v) is 2.51. The van der Waals surface area contributed by atoms with Crippen molar-refractivity contribution in [3.05, 3.63) is 52.5 Å². The summed E-state index contributed by atoms with van der Waals surface area (Å²) in [6.45, 7) is 2.08. The summed E-state index contributed by atoms with van der Waals surface area (Å²) in [4.78, 5) is 12.0. The molecule has 0 bridgehead atoms. The van der Waals surface area contributed by atoms with Gasteiger partial charge in [0.05, 0.1) is 16.1 Å². The van der Waals surface area contributed by atoms with Crippen molar-refractivity contribution in [2.75, 3.05) is 5.32 Å². The van der Waals surface area contributed by atoms with Crippen LogP contribution in [0.25, 0.3) is 11.1 Å². The zero-order valence-corrected chi connectivity index (χ0v) is 14.5. The molecule has 2 rings (SSSR count). The van der Waals surface area contributed by atoms with E-state index in [2.05, 4.69) is 12.2 Å². The van der Waals surface area contributed by atoms with E-state index in [1.54, 1.807) is 6.07 Å². The first-order chi connectivity index (χ1) is 11.0. The summed E-state index contributed by atoms with van der Waals surface area (Å²) < 4.78 is 0. The number of anilines is 1. The molecule has 0 spiro atoms. The number of benzene rings is 2. The number of carbonyl (C=O) groups excluding carboxylic acids is 1. The quantitative estimate of drug-likeness (QED) is 0.759. The Bertz CT molecular complexity index is 671. The molecule has 0 aliphatic rings. The topological polar surface area (TPSA) is 55.1 Å². The number of unbranched alkanes of at least 4 members (excludes halogenated alkanes) is 1. The lowest BCUT2D eigenvalue weighted by molar-refractivity contribution is -0.117. The lowest BCUT2D eigenvalue weighted by Crippen LogP contribution is -2.35. The van der Waals surface area contributed by atoms with Crippen molar-refractivity contribution in [1.82, 2.24) is 0 Å². The molecule has 0 fully saturated rings. The van der Waals surface area contributed by atoms with Crippen LogP contribution in [-0.2, 0) is 4.79 Å². The van der Waals surface area contributed by atoms with Crippen LogP contribution in [0.3, 0.4) is 0 Å².